The largest absolute Gasteiger partial charge is 0.327 e. The van der Waals surface area contributed by atoms with Crippen LogP contribution < -0.4 is 5.73 Å². The lowest BCUT2D eigenvalue weighted by Gasteiger charge is -2.12. The fraction of sp³-hybridized carbons (Fsp3) is 0.200. The van der Waals surface area contributed by atoms with Crippen LogP contribution in [0, 0.1) is 11.6 Å². The van der Waals surface area contributed by atoms with Crippen molar-refractivity contribution in [1.29, 1.82) is 0 Å². The second kappa shape index (κ2) is 6.13. The Kier molecular flexibility index (Phi) is 4.51. The highest BCUT2D eigenvalue weighted by molar-refractivity contribution is 6.30. The molecule has 0 fully saturated rings. The molecular weight excluding hydrogens is 268 g/mol. The zero-order chi connectivity index (χ0) is 13.8. The van der Waals surface area contributed by atoms with Crippen LogP contribution in [0.3, 0.4) is 0 Å². The van der Waals surface area contributed by atoms with Crippen molar-refractivity contribution in [2.24, 2.45) is 5.73 Å². The fourth-order valence-corrected chi connectivity index (χ4v) is 2.13. The van der Waals surface area contributed by atoms with E-state index < -0.39 is 5.82 Å². The van der Waals surface area contributed by atoms with E-state index in [9.17, 15) is 8.78 Å². The third kappa shape index (κ3) is 4.01. The summed E-state index contributed by atoms with van der Waals surface area (Å²) in [4.78, 5) is 0. The zero-order valence-electron chi connectivity index (χ0n) is 10.2. The Labute approximate surface area is 116 Å². The van der Waals surface area contributed by atoms with Crippen molar-refractivity contribution in [3.63, 3.8) is 0 Å². The van der Waals surface area contributed by atoms with Crippen LogP contribution in [0.5, 0.6) is 0 Å². The maximum Gasteiger partial charge on any atom is 0.142 e. The number of rotatable bonds is 4. The number of halogens is 3. The molecule has 1 nitrogen and oxygen atoms in total. The molecule has 100 valence electrons. The van der Waals surface area contributed by atoms with Crippen LogP contribution in [-0.2, 0) is 12.8 Å². The molecule has 2 rings (SSSR count). The molecule has 2 N–H and O–H groups in total. The molecule has 19 heavy (non-hydrogen) atoms. The highest BCUT2D eigenvalue weighted by Gasteiger charge is 2.08. The molecule has 2 aromatic carbocycles. The molecule has 0 aliphatic carbocycles. The summed E-state index contributed by atoms with van der Waals surface area (Å²) in [6.07, 6.45) is 1.06. The van der Waals surface area contributed by atoms with Gasteiger partial charge in [0.25, 0.3) is 0 Å². The van der Waals surface area contributed by atoms with E-state index in [1.54, 1.807) is 12.1 Å². The van der Waals surface area contributed by atoms with Gasteiger partial charge in [-0.1, -0.05) is 29.8 Å². The quantitative estimate of drug-likeness (QED) is 0.908. The van der Waals surface area contributed by atoms with Crippen molar-refractivity contribution in [2.45, 2.75) is 18.9 Å². The molecule has 0 bridgehead atoms. The maximum atomic E-state index is 13.3. The van der Waals surface area contributed by atoms with Crippen LogP contribution >= 0.6 is 11.6 Å². The Morgan fingerprint density at radius 3 is 2.32 bits per heavy atom. The summed E-state index contributed by atoms with van der Waals surface area (Å²) in [7, 11) is 0. The summed E-state index contributed by atoms with van der Waals surface area (Å²) in [6.45, 7) is 0. The van der Waals surface area contributed by atoms with Crippen molar-refractivity contribution < 1.29 is 8.78 Å². The van der Waals surface area contributed by atoms with Gasteiger partial charge in [0.1, 0.15) is 11.6 Å². The molecule has 0 amide bonds. The first kappa shape index (κ1) is 14.0. The molecule has 0 heterocycles. The molecule has 2 aromatic rings. The van der Waals surface area contributed by atoms with E-state index in [1.165, 1.54) is 24.3 Å². The minimum absolute atomic E-state index is 0.0995. The minimum atomic E-state index is -0.447. The Hall–Kier alpha value is -1.45. The van der Waals surface area contributed by atoms with Gasteiger partial charge in [-0.05, 0) is 48.2 Å². The van der Waals surface area contributed by atoms with E-state index in [-0.39, 0.29) is 16.9 Å². The summed E-state index contributed by atoms with van der Waals surface area (Å²) in [6, 6.07) is 10.8. The maximum absolute atomic E-state index is 13.3. The molecular formula is C15H14ClF2N. The predicted molar refractivity (Wildman–Crippen MR) is 73.2 cm³/mol. The molecule has 0 aromatic heterocycles. The lowest BCUT2D eigenvalue weighted by Crippen LogP contribution is -2.25. The molecule has 0 radical (unpaired) electrons. The van der Waals surface area contributed by atoms with Gasteiger partial charge in [0, 0.05) is 6.04 Å². The zero-order valence-corrected chi connectivity index (χ0v) is 11.0. The Morgan fingerprint density at radius 1 is 1.00 bits per heavy atom. The summed E-state index contributed by atoms with van der Waals surface area (Å²) >= 11 is 5.62. The van der Waals surface area contributed by atoms with Gasteiger partial charge in [-0.2, -0.15) is 0 Å². The van der Waals surface area contributed by atoms with Gasteiger partial charge in [-0.3, -0.25) is 0 Å². The van der Waals surface area contributed by atoms with Crippen LogP contribution in [0.2, 0.25) is 5.02 Å². The molecule has 0 aliphatic rings. The van der Waals surface area contributed by atoms with Gasteiger partial charge in [0.05, 0.1) is 5.02 Å². The minimum Gasteiger partial charge on any atom is -0.327 e. The van der Waals surface area contributed by atoms with E-state index in [1.807, 2.05) is 6.07 Å². The van der Waals surface area contributed by atoms with Gasteiger partial charge < -0.3 is 5.73 Å². The fourth-order valence-electron chi connectivity index (χ4n) is 2.01. The summed E-state index contributed by atoms with van der Waals surface area (Å²) in [5.74, 6) is -0.723. The van der Waals surface area contributed by atoms with Crippen LogP contribution in [0.25, 0.3) is 0 Å². The smallest absolute Gasteiger partial charge is 0.142 e. The molecule has 4 heteroatoms. The van der Waals surface area contributed by atoms with E-state index in [0.29, 0.717) is 12.8 Å². The van der Waals surface area contributed by atoms with Gasteiger partial charge in [-0.25, -0.2) is 8.78 Å². The van der Waals surface area contributed by atoms with E-state index in [4.69, 9.17) is 17.3 Å². The van der Waals surface area contributed by atoms with Crippen LogP contribution in [0.1, 0.15) is 11.1 Å². The molecule has 0 saturated carbocycles. The molecule has 1 atom stereocenters. The highest BCUT2D eigenvalue weighted by atomic mass is 35.5. The standard InChI is InChI=1S/C15H14ClF2N/c16-14-5-4-11(9-15(14)18)8-13(19)7-10-2-1-3-12(17)6-10/h1-6,9,13H,7-8,19H2. The van der Waals surface area contributed by atoms with E-state index in [2.05, 4.69) is 0 Å². The van der Waals surface area contributed by atoms with Crippen molar-refractivity contribution in [3.8, 4) is 0 Å². The lowest BCUT2D eigenvalue weighted by atomic mass is 10.00. The van der Waals surface area contributed by atoms with Gasteiger partial charge in [0.2, 0.25) is 0 Å². The second-order valence-electron chi connectivity index (χ2n) is 4.55. The third-order valence-corrected chi connectivity index (χ3v) is 3.18. The summed E-state index contributed by atoms with van der Waals surface area (Å²) < 4.78 is 26.3. The Balaban J connectivity index is 2.01. The average molecular weight is 282 g/mol. The molecule has 0 saturated heterocycles. The summed E-state index contributed by atoms with van der Waals surface area (Å²) in [5, 5.41) is 0.0995. The molecule has 0 aliphatic heterocycles. The first-order valence-electron chi connectivity index (χ1n) is 5.98. The number of nitrogens with two attached hydrogens (primary N) is 1. The number of hydrogen-bond acceptors (Lipinski definition) is 1. The van der Waals surface area contributed by atoms with Crippen molar-refractivity contribution in [3.05, 3.63) is 70.2 Å². The first-order valence-corrected chi connectivity index (χ1v) is 6.36. The highest BCUT2D eigenvalue weighted by Crippen LogP contribution is 2.17. The van der Waals surface area contributed by atoms with Gasteiger partial charge in [0.15, 0.2) is 0 Å². The topological polar surface area (TPSA) is 26.0 Å². The van der Waals surface area contributed by atoms with E-state index in [0.717, 1.165) is 11.1 Å². The number of hydrogen-bond donors (Lipinski definition) is 1. The van der Waals surface area contributed by atoms with Crippen LogP contribution in [0.4, 0.5) is 8.78 Å². The van der Waals surface area contributed by atoms with Crippen molar-refractivity contribution in [1.82, 2.24) is 0 Å². The van der Waals surface area contributed by atoms with Gasteiger partial charge >= 0.3 is 0 Å². The van der Waals surface area contributed by atoms with Crippen molar-refractivity contribution in [2.75, 3.05) is 0 Å². The SMILES string of the molecule is NC(Cc1cccc(F)c1)Cc1ccc(Cl)c(F)c1. The molecule has 0 spiro atoms. The third-order valence-electron chi connectivity index (χ3n) is 2.87. The monoisotopic (exact) mass is 281 g/mol. The van der Waals surface area contributed by atoms with Gasteiger partial charge in [-0.15, -0.1) is 0 Å². The Bertz CT molecular complexity index is 572. The summed E-state index contributed by atoms with van der Waals surface area (Å²) in [5.41, 5.74) is 7.62. The lowest BCUT2D eigenvalue weighted by molar-refractivity contribution is 0.612. The number of benzene rings is 2. The normalized spacial score (nSPS) is 12.4. The van der Waals surface area contributed by atoms with Crippen molar-refractivity contribution >= 4 is 11.6 Å². The van der Waals surface area contributed by atoms with Crippen LogP contribution in [0.15, 0.2) is 42.5 Å². The molecule has 1 unspecified atom stereocenters. The van der Waals surface area contributed by atoms with E-state index >= 15 is 0 Å². The second-order valence-corrected chi connectivity index (χ2v) is 4.95. The first-order chi connectivity index (χ1) is 9.04. The predicted octanol–water partition coefficient (Wildman–Crippen LogP) is 3.73. The Morgan fingerprint density at radius 2 is 1.68 bits per heavy atom. The average Bonchev–Trinajstić information content (AvgIpc) is 2.34. The van der Waals surface area contributed by atoms with Crippen LogP contribution in [-0.4, -0.2) is 6.04 Å².